The molecule has 10 heteroatoms. The number of nitrogens with one attached hydrogen (secondary N) is 2. The Morgan fingerprint density at radius 3 is 2.66 bits per heavy atom. The summed E-state index contributed by atoms with van der Waals surface area (Å²) >= 11 is 0. The first-order chi connectivity index (χ1) is 16.6. The van der Waals surface area contributed by atoms with Crippen molar-refractivity contribution in [3.63, 3.8) is 0 Å². The number of ether oxygens (including phenoxy) is 2. The highest BCUT2D eigenvalue weighted by Crippen LogP contribution is 2.41. The number of phenols is 1. The number of halogens is 2. The number of hydrogen-bond donors (Lipinski definition) is 4. The maximum absolute atomic E-state index is 13.1. The number of carboxylic acid groups (broad SMARTS) is 1. The van der Waals surface area contributed by atoms with Gasteiger partial charge in [-0.15, -0.1) is 0 Å². The van der Waals surface area contributed by atoms with Gasteiger partial charge in [-0.2, -0.15) is 8.78 Å². The molecule has 8 nitrogen and oxygen atoms in total. The van der Waals surface area contributed by atoms with E-state index >= 15 is 0 Å². The quantitative estimate of drug-likeness (QED) is 0.417. The minimum Gasteiger partial charge on any atom is -0.508 e. The predicted octanol–water partition coefficient (Wildman–Crippen LogP) is 4.87. The van der Waals surface area contributed by atoms with Crippen LogP contribution >= 0.6 is 0 Å². The topological polar surface area (TPSA) is 117 Å². The van der Waals surface area contributed by atoms with Gasteiger partial charge in [-0.05, 0) is 54.5 Å². The number of hydrogen-bond acceptors (Lipinski definition) is 6. The zero-order valence-corrected chi connectivity index (χ0v) is 19.3. The summed E-state index contributed by atoms with van der Waals surface area (Å²) in [4.78, 5) is 24.1. The Hall–Kier alpha value is -3.56. The average Bonchev–Trinajstić information content (AvgIpc) is 3.31. The third-order valence-corrected chi connectivity index (χ3v) is 6.20. The van der Waals surface area contributed by atoms with Gasteiger partial charge in [0.05, 0.1) is 12.2 Å². The Balaban J connectivity index is 1.50. The largest absolute Gasteiger partial charge is 0.508 e. The molecule has 1 unspecified atom stereocenters. The van der Waals surface area contributed by atoms with Crippen LogP contribution in [0.15, 0.2) is 30.3 Å². The van der Waals surface area contributed by atoms with Crippen molar-refractivity contribution in [2.45, 2.75) is 63.6 Å². The van der Waals surface area contributed by atoms with E-state index in [1.807, 2.05) is 0 Å². The highest BCUT2D eigenvalue weighted by molar-refractivity contribution is 5.96. The van der Waals surface area contributed by atoms with E-state index in [-0.39, 0.29) is 36.8 Å². The summed E-state index contributed by atoms with van der Waals surface area (Å²) in [5, 5.41) is 25.5. The number of carbonyl (C=O) groups is 2. The first kappa shape index (κ1) is 24.6. The van der Waals surface area contributed by atoms with Gasteiger partial charge in [0.1, 0.15) is 17.2 Å². The molecule has 2 aliphatic rings. The van der Waals surface area contributed by atoms with E-state index in [2.05, 4.69) is 15.4 Å². The van der Waals surface area contributed by atoms with Gasteiger partial charge in [0.25, 0.3) is 5.91 Å². The van der Waals surface area contributed by atoms with Gasteiger partial charge in [-0.3, -0.25) is 9.59 Å². The Labute approximate surface area is 201 Å². The maximum atomic E-state index is 13.1. The van der Waals surface area contributed by atoms with Gasteiger partial charge >= 0.3 is 12.1 Å². The van der Waals surface area contributed by atoms with Gasteiger partial charge in [-0.25, -0.2) is 0 Å². The van der Waals surface area contributed by atoms with Crippen molar-refractivity contribution < 1.29 is 38.1 Å². The van der Waals surface area contributed by atoms with Crippen LogP contribution in [0, 0.1) is 0 Å². The molecule has 1 aliphatic heterocycles. The van der Waals surface area contributed by atoms with Crippen LogP contribution in [0.2, 0.25) is 0 Å². The first-order valence-electron chi connectivity index (χ1n) is 11.6. The Kier molecular flexibility index (Phi) is 7.00. The van der Waals surface area contributed by atoms with Crippen LogP contribution in [0.1, 0.15) is 56.1 Å². The van der Waals surface area contributed by atoms with Crippen molar-refractivity contribution in [3.8, 4) is 17.2 Å². The fraction of sp³-hybridized carbons (Fsp3) is 0.440. The number of fused-ring (bicyclic) bond motifs is 1. The first-order valence-corrected chi connectivity index (χ1v) is 11.6. The standard InChI is InChI=1S/C25H28F2N2O6/c1-25(26,27)35-16-7-8-21-19(11-16)28-13-22(34-21)24(33)29-18-12-20(30)17(14-4-2-3-5-14)10-15(18)6-9-23(31)32/h7-8,10-12,14,22,28,30H,2-6,9,13H2,1H3,(H,29,33)(H,31,32). The van der Waals surface area contributed by atoms with E-state index in [1.165, 1.54) is 24.3 Å². The van der Waals surface area contributed by atoms with E-state index in [4.69, 9.17) is 9.84 Å². The molecule has 1 fully saturated rings. The summed E-state index contributed by atoms with van der Waals surface area (Å²) in [6.45, 7) is 0.709. The molecule has 35 heavy (non-hydrogen) atoms. The third kappa shape index (κ3) is 6.12. The molecule has 188 valence electrons. The molecule has 4 rings (SSSR count). The smallest absolute Gasteiger partial charge is 0.394 e. The molecular formula is C25H28F2N2O6. The van der Waals surface area contributed by atoms with Crippen LogP contribution in [0.3, 0.4) is 0 Å². The molecular weight excluding hydrogens is 462 g/mol. The number of anilines is 2. The highest BCUT2D eigenvalue weighted by Gasteiger charge is 2.29. The van der Waals surface area contributed by atoms with Crippen molar-refractivity contribution in [2.75, 3.05) is 17.2 Å². The van der Waals surface area contributed by atoms with Crippen LogP contribution in [-0.4, -0.2) is 40.8 Å². The summed E-state index contributed by atoms with van der Waals surface area (Å²) < 4.78 is 36.5. The molecule has 4 N–H and O–H groups in total. The highest BCUT2D eigenvalue weighted by atomic mass is 19.3. The molecule has 0 spiro atoms. The predicted molar refractivity (Wildman–Crippen MR) is 124 cm³/mol. The number of carboxylic acids is 1. The lowest BCUT2D eigenvalue weighted by Crippen LogP contribution is -2.41. The lowest BCUT2D eigenvalue weighted by Gasteiger charge is -2.27. The van der Waals surface area contributed by atoms with Crippen molar-refractivity contribution in [2.24, 2.45) is 0 Å². The molecule has 0 bridgehead atoms. The van der Waals surface area contributed by atoms with Crippen LogP contribution in [0.25, 0.3) is 0 Å². The van der Waals surface area contributed by atoms with E-state index in [0.717, 1.165) is 31.2 Å². The minimum atomic E-state index is -3.33. The zero-order valence-electron chi connectivity index (χ0n) is 19.3. The molecule has 2 aromatic carbocycles. The number of rotatable bonds is 8. The average molecular weight is 491 g/mol. The van der Waals surface area contributed by atoms with Gasteiger partial charge in [0.2, 0.25) is 0 Å². The van der Waals surface area contributed by atoms with Gasteiger partial charge in [0.15, 0.2) is 6.10 Å². The van der Waals surface area contributed by atoms with E-state index in [1.54, 1.807) is 6.07 Å². The Bertz CT molecular complexity index is 1110. The molecule has 1 amide bonds. The Morgan fingerprint density at radius 1 is 1.23 bits per heavy atom. The molecule has 0 aromatic heterocycles. The van der Waals surface area contributed by atoms with Gasteiger partial charge < -0.3 is 30.3 Å². The fourth-order valence-electron chi connectivity index (χ4n) is 4.56. The van der Waals surface area contributed by atoms with Crippen molar-refractivity contribution in [1.82, 2.24) is 0 Å². The monoisotopic (exact) mass is 490 g/mol. The number of carbonyl (C=O) groups excluding carboxylic acids is 1. The molecule has 0 saturated heterocycles. The van der Waals surface area contributed by atoms with E-state index < -0.39 is 24.1 Å². The van der Waals surface area contributed by atoms with Crippen LogP contribution in [0.4, 0.5) is 20.2 Å². The number of benzene rings is 2. The summed E-state index contributed by atoms with van der Waals surface area (Å²) in [7, 11) is 0. The molecule has 0 radical (unpaired) electrons. The molecule has 1 saturated carbocycles. The molecule has 1 atom stereocenters. The van der Waals surface area contributed by atoms with E-state index in [9.17, 15) is 23.5 Å². The van der Waals surface area contributed by atoms with Crippen LogP contribution < -0.4 is 20.1 Å². The maximum Gasteiger partial charge on any atom is 0.394 e. The fourth-order valence-corrected chi connectivity index (χ4v) is 4.56. The number of aliphatic carboxylic acids is 1. The lowest BCUT2D eigenvalue weighted by atomic mass is 9.92. The summed E-state index contributed by atoms with van der Waals surface area (Å²) in [5.41, 5.74) is 2.16. The number of alkyl halides is 2. The minimum absolute atomic E-state index is 0.0452. The molecule has 2 aromatic rings. The lowest BCUT2D eigenvalue weighted by molar-refractivity contribution is -0.159. The number of phenolic OH excluding ortho intramolecular Hbond substituents is 1. The van der Waals surface area contributed by atoms with Crippen molar-refractivity contribution in [3.05, 3.63) is 41.5 Å². The molecule has 1 heterocycles. The second kappa shape index (κ2) is 9.97. The normalized spacial score (nSPS) is 17.7. The molecule has 1 aliphatic carbocycles. The third-order valence-electron chi connectivity index (χ3n) is 6.20. The zero-order chi connectivity index (χ0) is 25.2. The Morgan fingerprint density at radius 2 is 1.97 bits per heavy atom. The van der Waals surface area contributed by atoms with E-state index in [0.29, 0.717) is 29.6 Å². The summed E-state index contributed by atoms with van der Waals surface area (Å²) in [5.74, 6) is -0.914. The second-order valence-electron chi connectivity index (χ2n) is 8.99. The van der Waals surface area contributed by atoms with Crippen LogP contribution in [-0.2, 0) is 16.0 Å². The summed E-state index contributed by atoms with van der Waals surface area (Å²) in [6, 6.07) is 7.39. The second-order valence-corrected chi connectivity index (χ2v) is 8.99. The van der Waals surface area contributed by atoms with Crippen LogP contribution in [0.5, 0.6) is 17.2 Å². The SMILES string of the molecule is CC(F)(F)Oc1ccc2c(c1)NCC(C(=O)Nc1cc(O)c(C3CCCC3)cc1CCC(=O)O)O2. The van der Waals surface area contributed by atoms with Crippen molar-refractivity contribution in [1.29, 1.82) is 0 Å². The van der Waals surface area contributed by atoms with Gasteiger partial charge in [-0.1, -0.05) is 12.8 Å². The number of aromatic hydroxyl groups is 1. The summed E-state index contributed by atoms with van der Waals surface area (Å²) in [6.07, 6.45) is -0.113. The van der Waals surface area contributed by atoms with Gasteiger partial charge in [0, 0.05) is 31.2 Å². The number of amides is 1. The number of aryl methyl sites for hydroxylation is 1. The van der Waals surface area contributed by atoms with Crippen molar-refractivity contribution >= 4 is 23.3 Å².